The topological polar surface area (TPSA) is 92.8 Å². The van der Waals surface area contributed by atoms with E-state index in [2.05, 4.69) is 20.8 Å². The number of carbonyl (C=O) groups excluding carboxylic acids is 1. The monoisotopic (exact) mass is 421 g/mol. The molecule has 4 fully saturated rings. The van der Waals surface area contributed by atoms with Crippen LogP contribution >= 0.6 is 0 Å². The highest BCUT2D eigenvalue weighted by molar-refractivity contribution is 5.69. The van der Waals surface area contributed by atoms with E-state index in [1.807, 2.05) is 0 Å². The molecule has 4 aliphatic carbocycles. The zero-order valence-corrected chi connectivity index (χ0v) is 19.4. The quantitative estimate of drug-likeness (QED) is 0.474. The normalized spacial score (nSPS) is 51.4. The average molecular weight is 422 g/mol. The molecule has 4 saturated carbocycles. The van der Waals surface area contributed by atoms with Gasteiger partial charge >= 0.3 is 5.97 Å². The standard InChI is InChI=1S/C25H43NO4/c1-15(5-10-22(28)30-4)18-8-9-19-17-7-6-16-14-25(26,29)12-11-23(16,2)20(17)13-21(27)24(18,19)3/h15-21,27,29H,5-14,26H2,1-4H3/t15-,16-,17+,18-,19+,20+,21+,23+,24-,25-/m1/s1. The van der Waals surface area contributed by atoms with Crippen LogP contribution in [0.1, 0.15) is 85.0 Å². The van der Waals surface area contributed by atoms with Crippen LogP contribution in [0.4, 0.5) is 0 Å². The summed E-state index contributed by atoms with van der Waals surface area (Å²) in [4.78, 5) is 11.7. The van der Waals surface area contributed by atoms with Crippen molar-refractivity contribution < 1.29 is 19.7 Å². The predicted octanol–water partition coefficient (Wildman–Crippen LogP) is 3.85. The highest BCUT2D eigenvalue weighted by atomic mass is 16.5. The van der Waals surface area contributed by atoms with Crippen LogP contribution in [0.3, 0.4) is 0 Å². The molecule has 30 heavy (non-hydrogen) atoms. The molecule has 5 nitrogen and oxygen atoms in total. The van der Waals surface area contributed by atoms with Gasteiger partial charge in [0.25, 0.3) is 0 Å². The number of aliphatic hydroxyl groups excluding tert-OH is 1. The van der Waals surface area contributed by atoms with E-state index < -0.39 is 5.72 Å². The van der Waals surface area contributed by atoms with Crippen LogP contribution in [0, 0.1) is 46.3 Å². The fraction of sp³-hybridized carbons (Fsp3) is 0.960. The number of methoxy groups -OCH3 is 1. The molecule has 0 bridgehead atoms. The van der Waals surface area contributed by atoms with Crippen LogP contribution in [-0.2, 0) is 9.53 Å². The molecule has 0 aliphatic heterocycles. The second-order valence-corrected chi connectivity index (χ2v) is 11.9. The van der Waals surface area contributed by atoms with Crippen molar-refractivity contribution in [2.24, 2.45) is 52.1 Å². The van der Waals surface area contributed by atoms with Crippen molar-refractivity contribution in [3.8, 4) is 0 Å². The molecule has 4 rings (SSSR count). The van der Waals surface area contributed by atoms with E-state index >= 15 is 0 Å². The van der Waals surface area contributed by atoms with Crippen molar-refractivity contribution >= 4 is 5.97 Å². The van der Waals surface area contributed by atoms with Gasteiger partial charge in [-0.25, -0.2) is 0 Å². The lowest BCUT2D eigenvalue weighted by atomic mass is 9.43. The van der Waals surface area contributed by atoms with Gasteiger partial charge in [-0.2, -0.15) is 0 Å². The van der Waals surface area contributed by atoms with Crippen molar-refractivity contribution in [1.29, 1.82) is 0 Å². The predicted molar refractivity (Wildman–Crippen MR) is 116 cm³/mol. The third kappa shape index (κ3) is 3.44. The van der Waals surface area contributed by atoms with Crippen molar-refractivity contribution in [2.45, 2.75) is 96.8 Å². The van der Waals surface area contributed by atoms with E-state index in [-0.39, 0.29) is 22.9 Å². The third-order valence-electron chi connectivity index (χ3n) is 10.7. The van der Waals surface area contributed by atoms with Gasteiger partial charge in [-0.15, -0.1) is 0 Å². The Morgan fingerprint density at radius 1 is 1.17 bits per heavy atom. The summed E-state index contributed by atoms with van der Waals surface area (Å²) >= 11 is 0. The number of ether oxygens (including phenoxy) is 1. The number of carbonyl (C=O) groups is 1. The van der Waals surface area contributed by atoms with E-state index in [1.165, 1.54) is 20.0 Å². The molecule has 0 spiro atoms. The fourth-order valence-electron chi connectivity index (χ4n) is 8.85. The van der Waals surface area contributed by atoms with E-state index in [4.69, 9.17) is 10.5 Å². The minimum Gasteiger partial charge on any atom is -0.469 e. The molecule has 5 heteroatoms. The molecule has 0 radical (unpaired) electrons. The van der Waals surface area contributed by atoms with Crippen LogP contribution in [0.25, 0.3) is 0 Å². The molecule has 4 N–H and O–H groups in total. The number of hydrogen-bond acceptors (Lipinski definition) is 5. The Kier molecular flexibility index (Phi) is 5.81. The number of aliphatic hydroxyl groups is 2. The molecule has 0 aromatic carbocycles. The van der Waals surface area contributed by atoms with Crippen LogP contribution in [0.15, 0.2) is 0 Å². The largest absolute Gasteiger partial charge is 0.469 e. The molecule has 10 atom stereocenters. The van der Waals surface area contributed by atoms with Crippen molar-refractivity contribution in [3.63, 3.8) is 0 Å². The lowest BCUT2D eigenvalue weighted by Crippen LogP contribution is -2.61. The van der Waals surface area contributed by atoms with E-state index in [0.717, 1.165) is 32.1 Å². The summed E-state index contributed by atoms with van der Waals surface area (Å²) in [7, 11) is 1.46. The minimum absolute atomic E-state index is 0.0524. The Morgan fingerprint density at radius 2 is 1.90 bits per heavy atom. The maximum atomic E-state index is 11.7. The van der Waals surface area contributed by atoms with Gasteiger partial charge in [-0.1, -0.05) is 20.8 Å². The summed E-state index contributed by atoms with van der Waals surface area (Å²) in [5.41, 5.74) is 5.26. The maximum absolute atomic E-state index is 11.7. The smallest absolute Gasteiger partial charge is 0.305 e. The van der Waals surface area contributed by atoms with Gasteiger partial charge in [0, 0.05) is 6.42 Å². The Morgan fingerprint density at radius 3 is 2.60 bits per heavy atom. The highest BCUT2D eigenvalue weighted by Crippen LogP contribution is 2.68. The number of esters is 1. The maximum Gasteiger partial charge on any atom is 0.305 e. The Balaban J connectivity index is 1.54. The number of hydrogen-bond donors (Lipinski definition) is 3. The summed E-state index contributed by atoms with van der Waals surface area (Å²) in [5, 5.41) is 22.0. The second-order valence-electron chi connectivity index (χ2n) is 11.9. The first-order valence-corrected chi connectivity index (χ1v) is 12.3. The summed E-state index contributed by atoms with van der Waals surface area (Å²) in [6.07, 6.45) is 8.98. The summed E-state index contributed by atoms with van der Waals surface area (Å²) < 4.78 is 4.85. The number of fused-ring (bicyclic) bond motifs is 5. The van der Waals surface area contributed by atoms with Crippen LogP contribution < -0.4 is 5.73 Å². The Bertz CT molecular complexity index is 666. The summed E-state index contributed by atoms with van der Waals surface area (Å²) in [5.74, 6) is 2.98. The Hall–Kier alpha value is -0.650. The van der Waals surface area contributed by atoms with Gasteiger partial charge in [0.1, 0.15) is 5.72 Å². The molecule has 0 unspecified atom stereocenters. The SMILES string of the molecule is COC(=O)CC[C@@H](C)[C@H]1CC[C@H]2[C@@H]3CC[C@@H]4C[C@](N)(O)CC[C@]4(C)[C@H]3C[C@H](O)[C@]12C. The number of rotatable bonds is 4. The van der Waals surface area contributed by atoms with Gasteiger partial charge < -0.3 is 20.7 Å². The van der Waals surface area contributed by atoms with E-state index in [1.54, 1.807) is 0 Å². The Labute approximate surface area is 182 Å². The molecule has 0 aromatic heterocycles. The number of nitrogens with two attached hydrogens (primary N) is 1. The summed E-state index contributed by atoms with van der Waals surface area (Å²) in [6, 6.07) is 0. The van der Waals surface area contributed by atoms with Crippen LogP contribution in [-0.4, -0.2) is 35.1 Å². The van der Waals surface area contributed by atoms with E-state index in [9.17, 15) is 15.0 Å². The third-order valence-corrected chi connectivity index (χ3v) is 10.7. The zero-order valence-electron chi connectivity index (χ0n) is 19.4. The van der Waals surface area contributed by atoms with Gasteiger partial charge in [-0.3, -0.25) is 4.79 Å². The van der Waals surface area contributed by atoms with Crippen LogP contribution in [0.2, 0.25) is 0 Å². The molecular formula is C25H43NO4. The lowest BCUT2D eigenvalue weighted by molar-refractivity contribution is -0.185. The first-order valence-electron chi connectivity index (χ1n) is 12.3. The molecule has 0 saturated heterocycles. The summed E-state index contributed by atoms with van der Waals surface area (Å²) in [6.45, 7) is 7.03. The van der Waals surface area contributed by atoms with Crippen molar-refractivity contribution in [1.82, 2.24) is 0 Å². The highest BCUT2D eigenvalue weighted by Gasteiger charge is 2.64. The molecule has 0 aromatic rings. The lowest BCUT2D eigenvalue weighted by Gasteiger charge is -2.63. The van der Waals surface area contributed by atoms with E-state index in [0.29, 0.717) is 54.8 Å². The molecule has 172 valence electrons. The molecular weight excluding hydrogens is 378 g/mol. The van der Waals surface area contributed by atoms with Crippen molar-refractivity contribution in [2.75, 3.05) is 7.11 Å². The first kappa shape index (κ1) is 22.5. The average Bonchev–Trinajstić information content (AvgIpc) is 3.06. The van der Waals surface area contributed by atoms with Gasteiger partial charge in [0.15, 0.2) is 0 Å². The zero-order chi connectivity index (χ0) is 21.9. The van der Waals surface area contributed by atoms with Crippen molar-refractivity contribution in [3.05, 3.63) is 0 Å². The van der Waals surface area contributed by atoms with Gasteiger partial charge in [-0.05, 0) is 104 Å². The van der Waals surface area contributed by atoms with Gasteiger partial charge in [0.2, 0.25) is 0 Å². The van der Waals surface area contributed by atoms with Gasteiger partial charge in [0.05, 0.1) is 13.2 Å². The van der Waals surface area contributed by atoms with Crippen LogP contribution in [0.5, 0.6) is 0 Å². The second kappa shape index (κ2) is 7.74. The molecule has 4 aliphatic rings. The first-order chi connectivity index (χ1) is 14.0. The molecule has 0 amide bonds. The minimum atomic E-state index is -1.01. The fourth-order valence-corrected chi connectivity index (χ4v) is 8.85. The molecule has 0 heterocycles.